The number of carbonyl (C=O) groups is 1. The fourth-order valence-electron chi connectivity index (χ4n) is 1.28. The summed E-state index contributed by atoms with van der Waals surface area (Å²) < 4.78 is 30.9. The van der Waals surface area contributed by atoms with E-state index in [1.165, 1.54) is 6.07 Å². The Balaban J connectivity index is 3.35. The Hall–Kier alpha value is -0.500. The number of rotatable bonds is 4. The quantitative estimate of drug-likeness (QED) is 0.350. The zero-order valence-corrected chi connectivity index (χ0v) is 11.8. The molecule has 0 aliphatic rings. The molecule has 0 amide bonds. The van der Waals surface area contributed by atoms with Crippen LogP contribution in [0, 0.1) is 3.70 Å². The molecule has 1 rings (SSSR count). The summed E-state index contributed by atoms with van der Waals surface area (Å²) in [5, 5.41) is 0. The van der Waals surface area contributed by atoms with E-state index < -0.39 is 18.0 Å². The smallest absolute Gasteiger partial charge is 0.357 e. The van der Waals surface area contributed by atoms with E-state index in [0.717, 1.165) is 0 Å². The number of esters is 1. The van der Waals surface area contributed by atoms with Crippen molar-refractivity contribution in [2.24, 2.45) is 0 Å². The number of halogens is 4. The molecule has 0 aromatic carbocycles. The lowest BCUT2D eigenvalue weighted by Crippen LogP contribution is -2.14. The molecule has 0 atom stereocenters. The molecular formula is C10H9ClF2INO2. The van der Waals surface area contributed by atoms with E-state index in [-0.39, 0.29) is 23.7 Å². The van der Waals surface area contributed by atoms with Gasteiger partial charge in [0.2, 0.25) is 0 Å². The van der Waals surface area contributed by atoms with Gasteiger partial charge in [0.15, 0.2) is 5.69 Å². The van der Waals surface area contributed by atoms with Crippen molar-refractivity contribution in [3.05, 3.63) is 26.6 Å². The molecule has 1 aromatic heterocycles. The molecule has 94 valence electrons. The van der Waals surface area contributed by atoms with Gasteiger partial charge >= 0.3 is 5.97 Å². The normalized spacial score (nSPS) is 10.7. The maximum absolute atomic E-state index is 12.9. The molecule has 1 aromatic rings. The van der Waals surface area contributed by atoms with E-state index in [1.807, 2.05) is 22.6 Å². The minimum absolute atomic E-state index is 0.102. The summed E-state index contributed by atoms with van der Waals surface area (Å²) in [6.45, 7) is 1.70. The number of nitrogens with zero attached hydrogens (tertiary/aromatic N) is 1. The van der Waals surface area contributed by atoms with Crippen LogP contribution in [0.4, 0.5) is 8.78 Å². The van der Waals surface area contributed by atoms with E-state index in [1.54, 1.807) is 6.92 Å². The number of hydrogen-bond donors (Lipinski definition) is 0. The van der Waals surface area contributed by atoms with Crippen LogP contribution in [-0.2, 0) is 10.6 Å². The van der Waals surface area contributed by atoms with Crippen LogP contribution in [0.5, 0.6) is 0 Å². The number of hydrogen-bond acceptors (Lipinski definition) is 3. The second-order valence-electron chi connectivity index (χ2n) is 3.02. The van der Waals surface area contributed by atoms with Crippen molar-refractivity contribution in [1.29, 1.82) is 0 Å². The van der Waals surface area contributed by atoms with E-state index in [2.05, 4.69) is 4.98 Å². The molecule has 7 heteroatoms. The van der Waals surface area contributed by atoms with Crippen molar-refractivity contribution in [3.63, 3.8) is 0 Å². The Bertz CT molecular complexity index is 429. The molecule has 17 heavy (non-hydrogen) atoms. The standard InChI is InChI=1S/C10H9ClF2INO2/c1-2-17-10(16)8-7(9(12)13)5(4-11)3-6(14)15-8/h3,9H,2,4H2,1H3. The summed E-state index contributed by atoms with van der Waals surface area (Å²) in [6.07, 6.45) is -2.81. The number of alkyl halides is 3. The lowest BCUT2D eigenvalue weighted by Gasteiger charge is -2.11. The van der Waals surface area contributed by atoms with Gasteiger partial charge in [-0.1, -0.05) is 0 Å². The molecule has 0 saturated carbocycles. The summed E-state index contributed by atoms with van der Waals surface area (Å²) in [4.78, 5) is 15.3. The predicted molar refractivity (Wildman–Crippen MR) is 67.4 cm³/mol. The molecule has 0 N–H and O–H groups in total. The average molecular weight is 376 g/mol. The highest BCUT2D eigenvalue weighted by molar-refractivity contribution is 14.1. The maximum atomic E-state index is 12.9. The van der Waals surface area contributed by atoms with Crippen LogP contribution in [0.15, 0.2) is 6.07 Å². The van der Waals surface area contributed by atoms with Crippen LogP contribution < -0.4 is 0 Å². The third-order valence-electron chi connectivity index (χ3n) is 1.94. The first-order valence-corrected chi connectivity index (χ1v) is 6.33. The molecule has 0 radical (unpaired) electrons. The largest absolute Gasteiger partial charge is 0.461 e. The predicted octanol–water partition coefficient (Wildman–Crippen LogP) is 3.54. The average Bonchev–Trinajstić information content (AvgIpc) is 2.27. The summed E-state index contributed by atoms with van der Waals surface area (Å²) in [6, 6.07) is 1.43. The van der Waals surface area contributed by atoms with Gasteiger partial charge < -0.3 is 4.74 Å². The first kappa shape index (κ1) is 14.6. The molecule has 0 aliphatic heterocycles. The van der Waals surface area contributed by atoms with Gasteiger partial charge in [-0.25, -0.2) is 18.6 Å². The van der Waals surface area contributed by atoms with Gasteiger partial charge in [-0.05, 0) is 41.1 Å². The van der Waals surface area contributed by atoms with Crippen molar-refractivity contribution in [3.8, 4) is 0 Å². The molecule has 0 spiro atoms. The molecule has 3 nitrogen and oxygen atoms in total. The summed E-state index contributed by atoms with van der Waals surface area (Å²) in [7, 11) is 0. The zero-order valence-electron chi connectivity index (χ0n) is 8.84. The number of carbonyl (C=O) groups excluding carboxylic acids is 1. The van der Waals surface area contributed by atoms with Gasteiger partial charge in [0, 0.05) is 5.88 Å². The third-order valence-corrected chi connectivity index (χ3v) is 2.78. The maximum Gasteiger partial charge on any atom is 0.357 e. The molecule has 0 fully saturated rings. The Morgan fingerprint density at radius 3 is 2.76 bits per heavy atom. The lowest BCUT2D eigenvalue weighted by molar-refractivity contribution is 0.0507. The van der Waals surface area contributed by atoms with Crippen molar-refractivity contribution in [2.75, 3.05) is 6.61 Å². The van der Waals surface area contributed by atoms with Crippen LogP contribution in [-0.4, -0.2) is 17.6 Å². The van der Waals surface area contributed by atoms with Crippen molar-refractivity contribution in [1.82, 2.24) is 4.98 Å². The molecule has 0 unspecified atom stereocenters. The van der Waals surface area contributed by atoms with Crippen LogP contribution >= 0.6 is 34.2 Å². The van der Waals surface area contributed by atoms with Crippen LogP contribution in [0.1, 0.15) is 35.0 Å². The minimum Gasteiger partial charge on any atom is -0.461 e. The highest BCUT2D eigenvalue weighted by atomic mass is 127. The van der Waals surface area contributed by atoms with Gasteiger partial charge in [0.05, 0.1) is 12.2 Å². The minimum atomic E-state index is -2.81. The van der Waals surface area contributed by atoms with Crippen LogP contribution in [0.25, 0.3) is 0 Å². The highest BCUT2D eigenvalue weighted by Crippen LogP contribution is 2.28. The van der Waals surface area contributed by atoms with Gasteiger partial charge in [-0.15, -0.1) is 11.6 Å². The van der Waals surface area contributed by atoms with Gasteiger partial charge in [-0.3, -0.25) is 0 Å². The third kappa shape index (κ3) is 3.48. The first-order valence-electron chi connectivity index (χ1n) is 4.71. The van der Waals surface area contributed by atoms with Crippen LogP contribution in [0.2, 0.25) is 0 Å². The lowest BCUT2D eigenvalue weighted by atomic mass is 10.1. The summed E-state index contributed by atoms with van der Waals surface area (Å²) in [5.74, 6) is -0.961. The number of aromatic nitrogens is 1. The number of ether oxygens (including phenoxy) is 1. The summed E-state index contributed by atoms with van der Waals surface area (Å²) >= 11 is 7.42. The van der Waals surface area contributed by atoms with Crippen LogP contribution in [0.3, 0.4) is 0 Å². The van der Waals surface area contributed by atoms with E-state index in [9.17, 15) is 13.6 Å². The summed E-state index contributed by atoms with van der Waals surface area (Å²) in [5.41, 5.74) is -0.604. The van der Waals surface area contributed by atoms with Gasteiger partial charge in [0.25, 0.3) is 6.43 Å². The second kappa shape index (κ2) is 6.44. The molecule has 0 saturated heterocycles. The van der Waals surface area contributed by atoms with Crippen molar-refractivity contribution in [2.45, 2.75) is 19.2 Å². The zero-order chi connectivity index (χ0) is 13.0. The molecule has 0 aliphatic carbocycles. The Morgan fingerprint density at radius 1 is 1.65 bits per heavy atom. The first-order chi connectivity index (χ1) is 8.01. The molecular weight excluding hydrogens is 366 g/mol. The Morgan fingerprint density at radius 2 is 2.29 bits per heavy atom. The fourth-order valence-corrected chi connectivity index (χ4v) is 2.12. The highest BCUT2D eigenvalue weighted by Gasteiger charge is 2.25. The monoisotopic (exact) mass is 375 g/mol. The second-order valence-corrected chi connectivity index (χ2v) is 4.39. The fraction of sp³-hybridized carbons (Fsp3) is 0.400. The topological polar surface area (TPSA) is 39.2 Å². The van der Waals surface area contributed by atoms with E-state index in [0.29, 0.717) is 3.70 Å². The van der Waals surface area contributed by atoms with Gasteiger partial charge in [-0.2, -0.15) is 0 Å². The van der Waals surface area contributed by atoms with Crippen molar-refractivity contribution >= 4 is 40.2 Å². The van der Waals surface area contributed by atoms with Gasteiger partial charge in [0.1, 0.15) is 3.70 Å². The number of pyridine rings is 1. The van der Waals surface area contributed by atoms with E-state index >= 15 is 0 Å². The molecule has 0 bridgehead atoms. The van der Waals surface area contributed by atoms with E-state index in [4.69, 9.17) is 16.3 Å². The SMILES string of the molecule is CCOC(=O)c1nc(I)cc(CCl)c1C(F)F. The Kier molecular flexibility index (Phi) is 5.51. The Labute approximate surface area is 116 Å². The van der Waals surface area contributed by atoms with Crippen molar-refractivity contribution < 1.29 is 18.3 Å². The molecule has 1 heterocycles.